The molecule has 1 aromatic carbocycles. The summed E-state index contributed by atoms with van der Waals surface area (Å²) in [4.78, 5) is 11.7. The fourth-order valence-electron chi connectivity index (χ4n) is 1.83. The van der Waals surface area contributed by atoms with E-state index >= 15 is 0 Å². The molecule has 1 saturated carbocycles. The van der Waals surface area contributed by atoms with Crippen LogP contribution in [0.15, 0.2) is 18.2 Å². The maximum absolute atomic E-state index is 11.7. The second kappa shape index (κ2) is 5.12. The van der Waals surface area contributed by atoms with E-state index in [0.29, 0.717) is 17.6 Å². The van der Waals surface area contributed by atoms with Crippen LogP contribution in [0.4, 0.5) is 16.2 Å². The van der Waals surface area contributed by atoms with E-state index in [1.54, 1.807) is 6.07 Å². The molecule has 0 spiro atoms. The van der Waals surface area contributed by atoms with Crippen molar-refractivity contribution in [3.05, 3.63) is 21.8 Å². The van der Waals surface area contributed by atoms with Crippen molar-refractivity contribution in [1.82, 2.24) is 5.32 Å². The molecule has 0 bridgehead atoms. The van der Waals surface area contributed by atoms with Gasteiger partial charge in [0.1, 0.15) is 0 Å². The molecule has 2 unspecified atom stereocenters. The van der Waals surface area contributed by atoms with E-state index in [1.807, 2.05) is 12.1 Å². The van der Waals surface area contributed by atoms with Crippen LogP contribution in [0, 0.1) is 9.49 Å². The first kappa shape index (κ1) is 12.5. The van der Waals surface area contributed by atoms with Gasteiger partial charge in [-0.15, -0.1) is 0 Å². The zero-order valence-electron chi connectivity index (χ0n) is 9.66. The highest BCUT2D eigenvalue weighted by molar-refractivity contribution is 14.1. The third-order valence-electron chi connectivity index (χ3n) is 3.02. The van der Waals surface area contributed by atoms with Gasteiger partial charge in [0, 0.05) is 21.0 Å². The number of urea groups is 1. The van der Waals surface area contributed by atoms with E-state index in [9.17, 15) is 4.79 Å². The van der Waals surface area contributed by atoms with Gasteiger partial charge < -0.3 is 16.4 Å². The summed E-state index contributed by atoms with van der Waals surface area (Å²) in [5.74, 6) is 0.655. The lowest BCUT2D eigenvalue weighted by Crippen LogP contribution is -2.31. The van der Waals surface area contributed by atoms with Gasteiger partial charge in [0.15, 0.2) is 0 Å². The van der Waals surface area contributed by atoms with Crippen molar-refractivity contribution < 1.29 is 4.79 Å². The molecule has 5 heteroatoms. The summed E-state index contributed by atoms with van der Waals surface area (Å²) in [6, 6.07) is 5.71. The maximum Gasteiger partial charge on any atom is 0.319 e. The van der Waals surface area contributed by atoms with Crippen LogP contribution in [-0.4, -0.2) is 12.1 Å². The monoisotopic (exact) mass is 345 g/mol. The Labute approximate surface area is 114 Å². The minimum atomic E-state index is -0.147. The number of nitrogens with one attached hydrogen (secondary N) is 2. The maximum atomic E-state index is 11.7. The lowest BCUT2D eigenvalue weighted by atomic mass is 10.3. The summed E-state index contributed by atoms with van der Waals surface area (Å²) in [6.45, 7) is 2.14. The van der Waals surface area contributed by atoms with E-state index in [-0.39, 0.29) is 6.03 Å². The number of anilines is 2. The third-order valence-corrected chi connectivity index (χ3v) is 4.00. The predicted molar refractivity (Wildman–Crippen MR) is 77.9 cm³/mol. The molecular weight excluding hydrogens is 329 g/mol. The summed E-state index contributed by atoms with van der Waals surface area (Å²) in [6.07, 6.45) is 2.22. The second-order valence-corrected chi connectivity index (χ2v) is 5.51. The topological polar surface area (TPSA) is 67.2 Å². The summed E-state index contributed by atoms with van der Waals surface area (Å²) in [7, 11) is 0. The fourth-order valence-corrected chi connectivity index (χ4v) is 2.17. The van der Waals surface area contributed by atoms with Crippen molar-refractivity contribution >= 4 is 40.0 Å². The number of carbonyl (C=O) groups is 1. The highest BCUT2D eigenvalue weighted by Crippen LogP contribution is 2.33. The number of hydrogen-bond acceptors (Lipinski definition) is 2. The van der Waals surface area contributed by atoms with Crippen LogP contribution in [0.2, 0.25) is 0 Å². The molecule has 0 aromatic heterocycles. The number of nitrogen functional groups attached to an aromatic ring is 1. The zero-order chi connectivity index (χ0) is 12.4. The van der Waals surface area contributed by atoms with Gasteiger partial charge in [-0.1, -0.05) is 13.3 Å². The number of halogens is 1. The molecule has 1 fully saturated rings. The third kappa shape index (κ3) is 3.24. The first-order valence-electron chi connectivity index (χ1n) is 5.72. The van der Waals surface area contributed by atoms with Gasteiger partial charge in [0.25, 0.3) is 0 Å². The molecule has 92 valence electrons. The Bertz CT molecular complexity index is 436. The van der Waals surface area contributed by atoms with Gasteiger partial charge in [0.2, 0.25) is 0 Å². The van der Waals surface area contributed by atoms with Crippen molar-refractivity contribution in [3.8, 4) is 0 Å². The van der Waals surface area contributed by atoms with Crippen molar-refractivity contribution in [3.63, 3.8) is 0 Å². The smallest absolute Gasteiger partial charge is 0.319 e. The zero-order valence-corrected chi connectivity index (χ0v) is 11.8. The van der Waals surface area contributed by atoms with E-state index in [1.165, 1.54) is 0 Å². The van der Waals surface area contributed by atoms with Gasteiger partial charge in [-0.05, 0) is 53.1 Å². The SMILES string of the molecule is CCC1CC1NC(=O)Nc1ccc(I)c(N)c1. The predicted octanol–water partition coefficient (Wildman–Crippen LogP) is 2.79. The second-order valence-electron chi connectivity index (χ2n) is 4.35. The molecule has 0 aliphatic heterocycles. The van der Waals surface area contributed by atoms with Crippen LogP contribution in [0.5, 0.6) is 0 Å². The fraction of sp³-hybridized carbons (Fsp3) is 0.417. The van der Waals surface area contributed by atoms with Crippen molar-refractivity contribution in [1.29, 1.82) is 0 Å². The molecule has 2 atom stereocenters. The number of amides is 2. The van der Waals surface area contributed by atoms with Crippen LogP contribution in [-0.2, 0) is 0 Å². The van der Waals surface area contributed by atoms with Gasteiger partial charge in [-0.25, -0.2) is 4.79 Å². The largest absolute Gasteiger partial charge is 0.398 e. The van der Waals surface area contributed by atoms with Gasteiger partial charge in [0.05, 0.1) is 0 Å². The highest BCUT2D eigenvalue weighted by atomic mass is 127. The summed E-state index contributed by atoms with van der Waals surface area (Å²) < 4.78 is 0.988. The van der Waals surface area contributed by atoms with Crippen LogP contribution < -0.4 is 16.4 Å². The first-order chi connectivity index (χ1) is 8.10. The molecule has 2 amide bonds. The van der Waals surface area contributed by atoms with E-state index in [0.717, 1.165) is 22.1 Å². The average Bonchev–Trinajstić information content (AvgIpc) is 3.02. The Hall–Kier alpha value is -0.980. The van der Waals surface area contributed by atoms with Gasteiger partial charge in [-0.2, -0.15) is 0 Å². The highest BCUT2D eigenvalue weighted by Gasteiger charge is 2.36. The summed E-state index contributed by atoms with van der Waals surface area (Å²) >= 11 is 2.16. The van der Waals surface area contributed by atoms with E-state index in [2.05, 4.69) is 40.1 Å². The summed E-state index contributed by atoms with van der Waals surface area (Å²) in [5.41, 5.74) is 7.19. The van der Waals surface area contributed by atoms with E-state index < -0.39 is 0 Å². The molecule has 0 saturated heterocycles. The Morgan fingerprint density at radius 3 is 2.94 bits per heavy atom. The molecule has 17 heavy (non-hydrogen) atoms. The number of nitrogens with two attached hydrogens (primary N) is 1. The Morgan fingerprint density at radius 2 is 2.35 bits per heavy atom. The number of rotatable bonds is 3. The molecular formula is C12H16IN3O. The van der Waals surface area contributed by atoms with Crippen LogP contribution in [0.1, 0.15) is 19.8 Å². The molecule has 2 rings (SSSR count). The van der Waals surface area contributed by atoms with Crippen LogP contribution in [0.25, 0.3) is 0 Å². The van der Waals surface area contributed by atoms with Gasteiger partial charge >= 0.3 is 6.03 Å². The van der Waals surface area contributed by atoms with Crippen molar-refractivity contribution in [2.24, 2.45) is 5.92 Å². The summed E-state index contributed by atoms with van der Waals surface area (Å²) in [5, 5.41) is 5.74. The van der Waals surface area contributed by atoms with E-state index in [4.69, 9.17) is 5.73 Å². The number of benzene rings is 1. The molecule has 4 N–H and O–H groups in total. The van der Waals surface area contributed by atoms with Crippen LogP contribution in [0.3, 0.4) is 0 Å². The standard InChI is InChI=1S/C12H16IN3O/c1-2-7-5-11(7)16-12(17)15-8-3-4-9(13)10(14)6-8/h3-4,6-7,11H,2,5,14H2,1H3,(H2,15,16,17). The quantitative estimate of drug-likeness (QED) is 0.583. The Kier molecular flexibility index (Phi) is 3.76. The molecule has 0 radical (unpaired) electrons. The minimum absolute atomic E-state index is 0.147. The molecule has 1 aliphatic rings. The number of carbonyl (C=O) groups excluding carboxylic acids is 1. The lowest BCUT2D eigenvalue weighted by molar-refractivity contribution is 0.251. The normalized spacial score (nSPS) is 22.0. The molecule has 4 nitrogen and oxygen atoms in total. The van der Waals surface area contributed by atoms with Crippen molar-refractivity contribution in [2.75, 3.05) is 11.1 Å². The Balaban J connectivity index is 1.88. The van der Waals surface area contributed by atoms with Gasteiger partial charge in [-0.3, -0.25) is 0 Å². The molecule has 1 aliphatic carbocycles. The van der Waals surface area contributed by atoms with Crippen LogP contribution >= 0.6 is 22.6 Å². The molecule has 1 aromatic rings. The Morgan fingerprint density at radius 1 is 1.59 bits per heavy atom. The number of hydrogen-bond donors (Lipinski definition) is 3. The average molecular weight is 345 g/mol. The minimum Gasteiger partial charge on any atom is -0.398 e. The molecule has 0 heterocycles. The van der Waals surface area contributed by atoms with Crippen molar-refractivity contribution in [2.45, 2.75) is 25.8 Å². The first-order valence-corrected chi connectivity index (χ1v) is 6.80. The lowest BCUT2D eigenvalue weighted by Gasteiger charge is -2.08.